The van der Waals surface area contributed by atoms with Gasteiger partial charge in [-0.3, -0.25) is 0 Å². The van der Waals surface area contributed by atoms with Crippen LogP contribution in [0, 0.1) is 11.8 Å². The van der Waals surface area contributed by atoms with Gasteiger partial charge in [0.1, 0.15) is 0 Å². The lowest BCUT2D eigenvalue weighted by Gasteiger charge is -2.34. The van der Waals surface area contributed by atoms with Crippen LogP contribution in [0.3, 0.4) is 0 Å². The number of carbonyl (C=O) groups excluding carboxylic acids is 1. The minimum Gasteiger partial charge on any atom is -0.450 e. The second kappa shape index (κ2) is 12.1. The minimum absolute atomic E-state index is 0.203. The highest BCUT2D eigenvalue weighted by atomic mass is 16.6. The fourth-order valence-electron chi connectivity index (χ4n) is 4.58. The van der Waals surface area contributed by atoms with E-state index in [9.17, 15) is 4.79 Å². The van der Waals surface area contributed by atoms with Crippen molar-refractivity contribution in [2.45, 2.75) is 76.7 Å². The topological polar surface area (TPSA) is 102 Å². The van der Waals surface area contributed by atoms with E-state index >= 15 is 0 Å². The largest absolute Gasteiger partial charge is 0.503 e. The first kappa shape index (κ1) is 21.8. The number of carbonyl (C=O) groups is 2. The van der Waals surface area contributed by atoms with Gasteiger partial charge >= 0.3 is 12.2 Å². The molecule has 2 saturated heterocycles. The molecule has 0 aromatic carbocycles. The number of carboxylic acid groups (broad SMARTS) is 2. The summed E-state index contributed by atoms with van der Waals surface area (Å²) >= 11 is 0. The Morgan fingerprint density at radius 3 is 1.93 bits per heavy atom. The average Bonchev–Trinajstić information content (AvgIpc) is 2.68. The van der Waals surface area contributed by atoms with Gasteiger partial charge in [0, 0.05) is 19.1 Å². The molecule has 0 unspecified atom stereocenters. The molecule has 2 amide bonds. The predicted octanol–water partition coefficient (Wildman–Crippen LogP) is 3.74. The third-order valence-electron chi connectivity index (χ3n) is 6.28. The second-order valence-electron chi connectivity index (χ2n) is 8.27. The van der Waals surface area contributed by atoms with Gasteiger partial charge < -0.3 is 25.7 Å². The van der Waals surface area contributed by atoms with Crippen LogP contribution in [0.4, 0.5) is 9.59 Å². The molecule has 0 atom stereocenters. The SMILES string of the molecule is O=C(NC1CCCCC1)N1CCC(CCC2CCNCC2)CC1.O=C(O)O. The molecule has 0 aromatic rings. The van der Waals surface area contributed by atoms with Crippen LogP contribution in [0.1, 0.15) is 70.6 Å². The Kier molecular flexibility index (Phi) is 9.73. The van der Waals surface area contributed by atoms with Gasteiger partial charge in [-0.05, 0) is 63.5 Å². The van der Waals surface area contributed by atoms with Crippen LogP contribution in [0.15, 0.2) is 0 Å². The zero-order chi connectivity index (χ0) is 19.5. The van der Waals surface area contributed by atoms with Crippen molar-refractivity contribution in [1.29, 1.82) is 0 Å². The Morgan fingerprint density at radius 1 is 0.852 bits per heavy atom. The van der Waals surface area contributed by atoms with Crippen LogP contribution in [-0.2, 0) is 0 Å². The monoisotopic (exact) mass is 383 g/mol. The molecule has 0 bridgehead atoms. The fourth-order valence-corrected chi connectivity index (χ4v) is 4.58. The van der Waals surface area contributed by atoms with Gasteiger partial charge in [-0.2, -0.15) is 0 Å². The highest BCUT2D eigenvalue weighted by Crippen LogP contribution is 2.27. The molecule has 2 aliphatic heterocycles. The van der Waals surface area contributed by atoms with Crippen LogP contribution in [0.25, 0.3) is 0 Å². The van der Waals surface area contributed by atoms with Gasteiger partial charge in [0.15, 0.2) is 0 Å². The smallest absolute Gasteiger partial charge is 0.450 e. The van der Waals surface area contributed by atoms with Crippen molar-refractivity contribution in [2.24, 2.45) is 11.8 Å². The van der Waals surface area contributed by atoms with Crippen molar-refractivity contribution >= 4 is 12.2 Å². The molecule has 3 fully saturated rings. The van der Waals surface area contributed by atoms with E-state index in [1.54, 1.807) is 0 Å². The van der Waals surface area contributed by atoms with E-state index in [0.29, 0.717) is 6.04 Å². The summed E-state index contributed by atoms with van der Waals surface area (Å²) in [5.41, 5.74) is 0. The molecule has 7 nitrogen and oxygen atoms in total. The lowest BCUT2D eigenvalue weighted by atomic mass is 9.85. The van der Waals surface area contributed by atoms with E-state index in [1.165, 1.54) is 83.7 Å². The number of piperidine rings is 2. The molecule has 0 radical (unpaired) electrons. The first-order chi connectivity index (χ1) is 13.0. The number of hydrogen-bond acceptors (Lipinski definition) is 3. The number of rotatable bonds is 4. The molecular formula is C20H37N3O4. The number of likely N-dealkylation sites (tertiary alicyclic amines) is 1. The van der Waals surface area contributed by atoms with Crippen LogP contribution >= 0.6 is 0 Å². The van der Waals surface area contributed by atoms with Crippen molar-refractivity contribution in [3.8, 4) is 0 Å². The van der Waals surface area contributed by atoms with Crippen molar-refractivity contribution in [1.82, 2.24) is 15.5 Å². The van der Waals surface area contributed by atoms with Gasteiger partial charge in [-0.25, -0.2) is 9.59 Å². The normalized spacial score (nSPS) is 22.6. The summed E-state index contributed by atoms with van der Waals surface area (Å²) < 4.78 is 0. The number of urea groups is 1. The van der Waals surface area contributed by atoms with Gasteiger partial charge in [-0.15, -0.1) is 0 Å². The lowest BCUT2D eigenvalue weighted by molar-refractivity contribution is 0.137. The van der Waals surface area contributed by atoms with Gasteiger partial charge in [0.2, 0.25) is 0 Å². The maximum atomic E-state index is 12.4. The molecule has 1 saturated carbocycles. The second-order valence-corrected chi connectivity index (χ2v) is 8.27. The van der Waals surface area contributed by atoms with E-state index in [-0.39, 0.29) is 6.03 Å². The number of nitrogens with one attached hydrogen (secondary N) is 2. The van der Waals surface area contributed by atoms with E-state index in [4.69, 9.17) is 15.0 Å². The van der Waals surface area contributed by atoms with Crippen LogP contribution < -0.4 is 10.6 Å². The molecule has 4 N–H and O–H groups in total. The molecule has 156 valence electrons. The zero-order valence-electron chi connectivity index (χ0n) is 16.5. The number of amides is 2. The Labute approximate surface area is 162 Å². The quantitative estimate of drug-likeness (QED) is 0.592. The lowest BCUT2D eigenvalue weighted by Crippen LogP contribution is -2.48. The molecular weight excluding hydrogens is 346 g/mol. The summed E-state index contributed by atoms with van der Waals surface area (Å²) in [5.74, 6) is 1.80. The van der Waals surface area contributed by atoms with Crippen LogP contribution in [0.5, 0.6) is 0 Å². The summed E-state index contributed by atoms with van der Waals surface area (Å²) in [6, 6.07) is 0.641. The number of nitrogens with zero attached hydrogens (tertiary/aromatic N) is 1. The molecule has 1 aliphatic carbocycles. The Morgan fingerprint density at radius 2 is 1.37 bits per heavy atom. The molecule has 0 aromatic heterocycles. The van der Waals surface area contributed by atoms with Crippen LogP contribution in [0.2, 0.25) is 0 Å². The Bertz CT molecular complexity index is 437. The molecule has 0 spiro atoms. The maximum Gasteiger partial charge on any atom is 0.503 e. The fraction of sp³-hybridized carbons (Fsp3) is 0.900. The maximum absolute atomic E-state index is 12.4. The summed E-state index contributed by atoms with van der Waals surface area (Å²) in [6.45, 7) is 4.36. The van der Waals surface area contributed by atoms with Crippen LogP contribution in [-0.4, -0.2) is 59.5 Å². The minimum atomic E-state index is -1.83. The summed E-state index contributed by atoms with van der Waals surface area (Å²) in [7, 11) is 0. The molecule has 7 heteroatoms. The van der Waals surface area contributed by atoms with Crippen molar-refractivity contribution < 1.29 is 19.8 Å². The van der Waals surface area contributed by atoms with Crippen molar-refractivity contribution in [3.05, 3.63) is 0 Å². The van der Waals surface area contributed by atoms with E-state index < -0.39 is 6.16 Å². The zero-order valence-corrected chi connectivity index (χ0v) is 16.5. The van der Waals surface area contributed by atoms with Gasteiger partial charge in [0.05, 0.1) is 0 Å². The Balaban J connectivity index is 0.000000596. The van der Waals surface area contributed by atoms with Crippen molar-refractivity contribution in [3.63, 3.8) is 0 Å². The first-order valence-corrected chi connectivity index (χ1v) is 10.7. The predicted molar refractivity (Wildman–Crippen MR) is 105 cm³/mol. The standard InChI is InChI=1S/C19H35N3O.CH2O3/c23-19(21-18-4-2-1-3-5-18)22-14-10-17(11-15-22)7-6-16-8-12-20-13-9-16;2-1(3)4/h16-18,20H,1-15H2,(H,21,23);(H2,2,3,4). The van der Waals surface area contributed by atoms with Gasteiger partial charge in [0.25, 0.3) is 0 Å². The van der Waals surface area contributed by atoms with E-state index in [2.05, 4.69) is 15.5 Å². The highest BCUT2D eigenvalue weighted by molar-refractivity contribution is 5.74. The molecule has 2 heterocycles. The van der Waals surface area contributed by atoms with E-state index in [0.717, 1.165) is 24.9 Å². The average molecular weight is 384 g/mol. The highest BCUT2D eigenvalue weighted by Gasteiger charge is 2.25. The third-order valence-corrected chi connectivity index (χ3v) is 6.28. The summed E-state index contributed by atoms with van der Waals surface area (Å²) in [6.07, 6.45) is 12.4. The number of hydrogen-bond donors (Lipinski definition) is 4. The summed E-state index contributed by atoms with van der Waals surface area (Å²) in [5, 5.41) is 20.7. The molecule has 27 heavy (non-hydrogen) atoms. The van der Waals surface area contributed by atoms with Crippen molar-refractivity contribution in [2.75, 3.05) is 26.2 Å². The van der Waals surface area contributed by atoms with Gasteiger partial charge in [-0.1, -0.05) is 32.1 Å². The molecule has 3 rings (SSSR count). The molecule has 3 aliphatic rings. The first-order valence-electron chi connectivity index (χ1n) is 10.7. The third kappa shape index (κ3) is 8.82. The summed E-state index contributed by atoms with van der Waals surface area (Å²) in [4.78, 5) is 23.0. The Hall–Kier alpha value is -1.50. The van der Waals surface area contributed by atoms with E-state index in [1.807, 2.05) is 0 Å².